The van der Waals surface area contributed by atoms with Gasteiger partial charge in [-0.2, -0.15) is 0 Å². The molecule has 1 fully saturated rings. The lowest BCUT2D eigenvalue weighted by molar-refractivity contribution is 0.461. The number of nitrogens with zero attached hydrogens (tertiary/aromatic N) is 2. The summed E-state index contributed by atoms with van der Waals surface area (Å²) in [5, 5.41) is 3.18. The van der Waals surface area contributed by atoms with Crippen molar-refractivity contribution in [1.29, 1.82) is 0 Å². The van der Waals surface area contributed by atoms with Gasteiger partial charge in [0, 0.05) is 12.5 Å². The number of aryl methyl sites for hydroxylation is 1. The molecule has 1 heterocycles. The molecule has 0 saturated heterocycles. The van der Waals surface area contributed by atoms with Gasteiger partial charge in [0.05, 0.1) is 6.20 Å². The summed E-state index contributed by atoms with van der Waals surface area (Å²) in [6.07, 6.45) is 4.94. The molecule has 0 bridgehead atoms. The zero-order valence-electron chi connectivity index (χ0n) is 9.36. The van der Waals surface area contributed by atoms with Gasteiger partial charge in [0.15, 0.2) is 0 Å². The molecule has 1 saturated carbocycles. The summed E-state index contributed by atoms with van der Waals surface area (Å²) in [6, 6.07) is 0.519. The van der Waals surface area contributed by atoms with Gasteiger partial charge in [0.2, 0.25) is 11.9 Å². The minimum absolute atomic E-state index is 0.402. The van der Waals surface area contributed by atoms with Crippen LogP contribution in [0.15, 0.2) is 15.6 Å². The highest BCUT2D eigenvalue weighted by Gasteiger charge is 2.21. The lowest BCUT2D eigenvalue weighted by Gasteiger charge is -2.06. The van der Waals surface area contributed by atoms with Crippen molar-refractivity contribution in [2.24, 2.45) is 10.8 Å². The van der Waals surface area contributed by atoms with Gasteiger partial charge in [-0.25, -0.2) is 15.8 Å². The first-order chi connectivity index (χ1) is 7.81. The van der Waals surface area contributed by atoms with Crippen molar-refractivity contribution in [3.63, 3.8) is 0 Å². The standard InChI is InChI=1S/C10H17N5O/c1-2-8-5-12-9(16-8)6-13-10(15-11)14-7-3-4-7/h5,7H,2-4,6,11H2,1H3,(H2,13,14,15). The van der Waals surface area contributed by atoms with Crippen molar-refractivity contribution < 1.29 is 4.42 Å². The van der Waals surface area contributed by atoms with Crippen LogP contribution in [-0.4, -0.2) is 17.0 Å². The second kappa shape index (κ2) is 4.98. The van der Waals surface area contributed by atoms with Gasteiger partial charge < -0.3 is 9.73 Å². The number of guanidine groups is 1. The Morgan fingerprint density at radius 3 is 3.06 bits per heavy atom. The highest BCUT2D eigenvalue weighted by atomic mass is 16.4. The molecule has 1 aliphatic carbocycles. The van der Waals surface area contributed by atoms with Crippen LogP contribution in [0.1, 0.15) is 31.4 Å². The third-order valence-corrected chi connectivity index (χ3v) is 2.38. The van der Waals surface area contributed by atoms with Gasteiger partial charge in [0.25, 0.3) is 0 Å². The van der Waals surface area contributed by atoms with Crippen LogP contribution in [-0.2, 0) is 13.0 Å². The fourth-order valence-corrected chi connectivity index (χ4v) is 1.29. The Labute approximate surface area is 94.3 Å². The average Bonchev–Trinajstić information content (AvgIpc) is 3.00. The molecule has 1 aromatic heterocycles. The van der Waals surface area contributed by atoms with Crippen LogP contribution in [0, 0.1) is 0 Å². The number of aromatic nitrogens is 1. The van der Waals surface area contributed by atoms with E-state index in [1.54, 1.807) is 6.20 Å². The Hall–Kier alpha value is -1.56. The predicted molar refractivity (Wildman–Crippen MR) is 60.5 cm³/mol. The molecule has 0 atom stereocenters. The molecule has 2 rings (SSSR count). The molecule has 0 amide bonds. The molecule has 0 radical (unpaired) electrons. The average molecular weight is 223 g/mol. The molecule has 0 spiro atoms. The van der Waals surface area contributed by atoms with E-state index < -0.39 is 0 Å². The fourth-order valence-electron chi connectivity index (χ4n) is 1.29. The van der Waals surface area contributed by atoms with Crippen LogP contribution in [0.4, 0.5) is 0 Å². The van der Waals surface area contributed by atoms with Crippen LogP contribution in [0.3, 0.4) is 0 Å². The quantitative estimate of drug-likeness (QED) is 0.296. The van der Waals surface area contributed by atoms with Crippen molar-refractivity contribution in [3.05, 3.63) is 17.8 Å². The highest BCUT2D eigenvalue weighted by molar-refractivity contribution is 5.79. The SMILES string of the molecule is CCc1cnc(CN=C(NN)NC2CC2)o1. The summed E-state index contributed by atoms with van der Waals surface area (Å²) in [5.41, 5.74) is 2.53. The monoisotopic (exact) mass is 223 g/mol. The van der Waals surface area contributed by atoms with Crippen LogP contribution in [0.25, 0.3) is 0 Å². The fraction of sp³-hybridized carbons (Fsp3) is 0.600. The summed E-state index contributed by atoms with van der Waals surface area (Å²) in [5.74, 6) is 7.44. The number of hydrazine groups is 1. The van der Waals surface area contributed by atoms with E-state index in [4.69, 9.17) is 10.3 Å². The summed E-state index contributed by atoms with van der Waals surface area (Å²) < 4.78 is 5.43. The first kappa shape index (κ1) is 10.9. The van der Waals surface area contributed by atoms with E-state index in [9.17, 15) is 0 Å². The maximum absolute atomic E-state index is 5.43. The van der Waals surface area contributed by atoms with E-state index in [1.165, 1.54) is 12.8 Å². The Kier molecular flexibility index (Phi) is 3.40. The first-order valence-corrected chi connectivity index (χ1v) is 5.53. The lowest BCUT2D eigenvalue weighted by Crippen LogP contribution is -2.42. The molecule has 4 N–H and O–H groups in total. The summed E-state index contributed by atoms with van der Waals surface area (Å²) in [7, 11) is 0. The zero-order chi connectivity index (χ0) is 11.4. The van der Waals surface area contributed by atoms with Crippen LogP contribution in [0.5, 0.6) is 0 Å². The topological polar surface area (TPSA) is 88.5 Å². The Balaban J connectivity index is 1.89. The molecular formula is C10H17N5O. The van der Waals surface area contributed by atoms with Crippen LogP contribution >= 0.6 is 0 Å². The van der Waals surface area contributed by atoms with Gasteiger partial charge >= 0.3 is 0 Å². The number of hydrogen-bond acceptors (Lipinski definition) is 4. The molecule has 0 aromatic carbocycles. The Morgan fingerprint density at radius 2 is 2.50 bits per heavy atom. The van der Waals surface area contributed by atoms with Crippen molar-refractivity contribution in [3.8, 4) is 0 Å². The second-order valence-electron chi connectivity index (χ2n) is 3.80. The van der Waals surface area contributed by atoms with Crippen molar-refractivity contribution in [2.75, 3.05) is 0 Å². The Morgan fingerprint density at radius 1 is 1.69 bits per heavy atom. The molecule has 88 valence electrons. The molecule has 1 aliphatic rings. The Bertz CT molecular complexity index is 369. The zero-order valence-corrected chi connectivity index (χ0v) is 9.36. The van der Waals surface area contributed by atoms with Gasteiger partial charge in [-0.05, 0) is 12.8 Å². The van der Waals surface area contributed by atoms with Gasteiger partial charge in [-0.15, -0.1) is 0 Å². The highest BCUT2D eigenvalue weighted by Crippen LogP contribution is 2.18. The number of rotatable bonds is 4. The van der Waals surface area contributed by atoms with E-state index in [1.807, 2.05) is 6.92 Å². The molecular weight excluding hydrogens is 206 g/mol. The lowest BCUT2D eigenvalue weighted by atomic mass is 10.4. The maximum atomic E-state index is 5.43. The molecule has 0 unspecified atom stereocenters. The predicted octanol–water partition coefficient (Wildman–Crippen LogP) is 0.308. The maximum Gasteiger partial charge on any atom is 0.216 e. The molecule has 0 aliphatic heterocycles. The second-order valence-corrected chi connectivity index (χ2v) is 3.80. The molecule has 16 heavy (non-hydrogen) atoms. The van der Waals surface area contributed by atoms with Crippen LogP contribution < -0.4 is 16.6 Å². The number of nitrogens with one attached hydrogen (secondary N) is 2. The van der Waals surface area contributed by atoms with Crippen molar-refractivity contribution in [1.82, 2.24) is 15.7 Å². The van der Waals surface area contributed by atoms with Crippen molar-refractivity contribution in [2.45, 2.75) is 38.8 Å². The normalized spacial score (nSPS) is 16.2. The number of nitrogens with two attached hydrogens (primary N) is 1. The summed E-state index contributed by atoms with van der Waals surface area (Å²) in [6.45, 7) is 2.42. The van der Waals surface area contributed by atoms with Gasteiger partial charge in [-0.1, -0.05) is 6.92 Å². The van der Waals surface area contributed by atoms with E-state index in [0.717, 1.165) is 12.2 Å². The number of oxazole rings is 1. The summed E-state index contributed by atoms with van der Waals surface area (Å²) >= 11 is 0. The minimum atomic E-state index is 0.402. The third-order valence-electron chi connectivity index (χ3n) is 2.38. The van der Waals surface area contributed by atoms with Crippen molar-refractivity contribution >= 4 is 5.96 Å². The van der Waals surface area contributed by atoms with Gasteiger partial charge in [-0.3, -0.25) is 5.43 Å². The minimum Gasteiger partial charge on any atom is -0.444 e. The smallest absolute Gasteiger partial charge is 0.216 e. The van der Waals surface area contributed by atoms with Crippen LogP contribution in [0.2, 0.25) is 0 Å². The van der Waals surface area contributed by atoms with E-state index in [0.29, 0.717) is 24.4 Å². The number of hydrogen-bond donors (Lipinski definition) is 3. The largest absolute Gasteiger partial charge is 0.444 e. The first-order valence-electron chi connectivity index (χ1n) is 5.53. The van der Waals surface area contributed by atoms with E-state index in [-0.39, 0.29) is 0 Å². The summed E-state index contributed by atoms with van der Waals surface area (Å²) in [4.78, 5) is 8.37. The molecule has 6 heteroatoms. The van der Waals surface area contributed by atoms with E-state index >= 15 is 0 Å². The molecule has 1 aromatic rings. The number of aliphatic imine (C=N–C) groups is 1. The van der Waals surface area contributed by atoms with Gasteiger partial charge in [0.1, 0.15) is 12.3 Å². The van der Waals surface area contributed by atoms with E-state index in [2.05, 4.69) is 20.7 Å². The molecule has 6 nitrogen and oxygen atoms in total. The third kappa shape index (κ3) is 2.96.